The summed E-state index contributed by atoms with van der Waals surface area (Å²) in [5.74, 6) is 1.73. The molecule has 1 atom stereocenters. The molecule has 164 valence electrons. The smallest absolute Gasteiger partial charge is 0.120 e. The van der Waals surface area contributed by atoms with Gasteiger partial charge in [-0.15, -0.1) is 5.10 Å². The molecule has 0 aromatic carbocycles. The van der Waals surface area contributed by atoms with Gasteiger partial charge < -0.3 is 4.98 Å². The van der Waals surface area contributed by atoms with Gasteiger partial charge in [0.2, 0.25) is 0 Å². The van der Waals surface area contributed by atoms with E-state index >= 15 is 0 Å². The van der Waals surface area contributed by atoms with Crippen LogP contribution in [0, 0.1) is 5.92 Å². The number of nitrogens with one attached hydrogen (secondary N) is 2. The van der Waals surface area contributed by atoms with Crippen molar-refractivity contribution in [3.63, 3.8) is 0 Å². The molecule has 0 saturated carbocycles. The Labute approximate surface area is 183 Å². The Balaban J connectivity index is 1.17. The van der Waals surface area contributed by atoms with Crippen molar-refractivity contribution in [2.45, 2.75) is 57.7 Å². The summed E-state index contributed by atoms with van der Waals surface area (Å²) >= 11 is 0. The predicted octanol–water partition coefficient (Wildman–Crippen LogP) is 2.89. The Morgan fingerprint density at radius 3 is 2.90 bits per heavy atom. The van der Waals surface area contributed by atoms with Crippen LogP contribution in [0.2, 0.25) is 0 Å². The zero-order chi connectivity index (χ0) is 21.0. The molecule has 31 heavy (non-hydrogen) atoms. The number of hydrogen-bond acceptors (Lipinski definition) is 6. The van der Waals surface area contributed by atoms with Crippen molar-refractivity contribution >= 4 is 0 Å². The van der Waals surface area contributed by atoms with Gasteiger partial charge in [0.15, 0.2) is 0 Å². The van der Waals surface area contributed by atoms with E-state index < -0.39 is 0 Å². The molecule has 1 unspecified atom stereocenters. The summed E-state index contributed by atoms with van der Waals surface area (Å²) in [7, 11) is 2.19. The second-order valence-electron chi connectivity index (χ2n) is 9.07. The van der Waals surface area contributed by atoms with Gasteiger partial charge in [-0.1, -0.05) is 11.3 Å². The highest BCUT2D eigenvalue weighted by Gasteiger charge is 2.27. The van der Waals surface area contributed by atoms with Crippen LogP contribution in [0.4, 0.5) is 0 Å². The third kappa shape index (κ3) is 4.70. The molecule has 8 nitrogen and oxygen atoms in total. The molecule has 0 amide bonds. The lowest BCUT2D eigenvalue weighted by atomic mass is 9.90. The zero-order valence-electron chi connectivity index (χ0n) is 18.3. The summed E-state index contributed by atoms with van der Waals surface area (Å²) in [6, 6.07) is 4.64. The van der Waals surface area contributed by atoms with Gasteiger partial charge in [0, 0.05) is 25.1 Å². The number of hydrogen-bond donors (Lipinski definition) is 2. The average molecular weight is 421 g/mol. The fraction of sp³-hybridized carbons (Fsp3) is 0.565. The molecule has 2 aliphatic rings. The minimum atomic E-state index is 0.360. The first-order chi connectivity index (χ1) is 15.3. The number of rotatable bonds is 7. The molecule has 1 aliphatic carbocycles. The van der Waals surface area contributed by atoms with Crippen molar-refractivity contribution in [1.82, 2.24) is 40.2 Å². The summed E-state index contributed by atoms with van der Waals surface area (Å²) in [5, 5.41) is 11.8. The van der Waals surface area contributed by atoms with Gasteiger partial charge in [-0.05, 0) is 76.2 Å². The quantitative estimate of drug-likeness (QED) is 0.611. The lowest BCUT2D eigenvalue weighted by Gasteiger charge is -2.32. The first kappa shape index (κ1) is 20.3. The van der Waals surface area contributed by atoms with Gasteiger partial charge in [0.05, 0.1) is 29.7 Å². The Kier molecular flexibility index (Phi) is 6.08. The molecule has 1 fully saturated rings. The first-order valence-electron chi connectivity index (χ1n) is 11.5. The molecule has 1 saturated heterocycles. The SMILES string of the molecule is CN(Cc1nn[nH]c1CC1CCN(Cc2ncc[nH]2)CC1)C1CCCc2cccnc21. The first-order valence-corrected chi connectivity index (χ1v) is 11.5. The van der Waals surface area contributed by atoms with E-state index in [0.717, 1.165) is 57.0 Å². The minimum Gasteiger partial charge on any atom is -0.348 e. The lowest BCUT2D eigenvalue weighted by Crippen LogP contribution is -2.34. The largest absolute Gasteiger partial charge is 0.348 e. The van der Waals surface area contributed by atoms with Crippen LogP contribution < -0.4 is 0 Å². The second kappa shape index (κ2) is 9.28. The number of H-pyrrole nitrogens is 2. The fourth-order valence-electron chi connectivity index (χ4n) is 5.16. The van der Waals surface area contributed by atoms with Crippen molar-refractivity contribution in [2.24, 2.45) is 5.92 Å². The lowest BCUT2D eigenvalue weighted by molar-refractivity contribution is 0.172. The molecule has 4 heterocycles. The number of pyridine rings is 1. The zero-order valence-corrected chi connectivity index (χ0v) is 18.3. The molecule has 0 spiro atoms. The van der Waals surface area contributed by atoms with Crippen LogP contribution in [0.3, 0.4) is 0 Å². The molecule has 3 aromatic heterocycles. The number of nitrogens with zero attached hydrogens (tertiary/aromatic N) is 6. The van der Waals surface area contributed by atoms with Crippen molar-refractivity contribution in [3.8, 4) is 0 Å². The molecule has 0 bridgehead atoms. The molecule has 1 aliphatic heterocycles. The second-order valence-corrected chi connectivity index (χ2v) is 9.07. The molecular weight excluding hydrogens is 388 g/mol. The van der Waals surface area contributed by atoms with Crippen LogP contribution in [0.5, 0.6) is 0 Å². The van der Waals surface area contributed by atoms with Crippen molar-refractivity contribution in [2.75, 3.05) is 20.1 Å². The highest BCUT2D eigenvalue weighted by Crippen LogP contribution is 2.33. The van der Waals surface area contributed by atoms with Crippen LogP contribution in [-0.4, -0.2) is 60.3 Å². The maximum absolute atomic E-state index is 4.70. The maximum atomic E-state index is 4.70. The summed E-state index contributed by atoms with van der Waals surface area (Å²) < 4.78 is 0. The number of aromatic nitrogens is 6. The van der Waals surface area contributed by atoms with Crippen molar-refractivity contribution < 1.29 is 0 Å². The normalized spacial score (nSPS) is 20.3. The number of fused-ring (bicyclic) bond motifs is 1. The number of aromatic amines is 2. The minimum absolute atomic E-state index is 0.360. The number of piperidine rings is 1. The summed E-state index contributed by atoms with van der Waals surface area (Å²) in [6.45, 7) is 3.96. The van der Waals surface area contributed by atoms with E-state index in [1.165, 1.54) is 36.2 Å². The third-order valence-electron chi connectivity index (χ3n) is 6.93. The Hall–Kier alpha value is -2.58. The van der Waals surface area contributed by atoms with Crippen LogP contribution >= 0.6 is 0 Å². The average Bonchev–Trinajstić information content (AvgIpc) is 3.47. The molecule has 5 rings (SSSR count). The topological polar surface area (TPSA) is 89.6 Å². The van der Waals surface area contributed by atoms with E-state index in [2.05, 4.69) is 54.4 Å². The number of aryl methyl sites for hydroxylation is 1. The third-order valence-corrected chi connectivity index (χ3v) is 6.93. The Morgan fingerprint density at radius 1 is 1.16 bits per heavy atom. The summed E-state index contributed by atoms with van der Waals surface area (Å²) in [6.07, 6.45) is 12.6. The Bertz CT molecular complexity index is 958. The van der Waals surface area contributed by atoms with E-state index in [1.807, 2.05) is 18.6 Å². The Morgan fingerprint density at radius 2 is 2.06 bits per heavy atom. The van der Waals surface area contributed by atoms with Gasteiger partial charge in [-0.2, -0.15) is 0 Å². The molecule has 0 radical (unpaired) electrons. The van der Waals surface area contributed by atoms with Crippen molar-refractivity contribution in [3.05, 3.63) is 59.2 Å². The molecule has 2 N–H and O–H groups in total. The van der Waals surface area contributed by atoms with Gasteiger partial charge >= 0.3 is 0 Å². The van der Waals surface area contributed by atoms with E-state index in [0.29, 0.717) is 12.0 Å². The molecular formula is C23H32N8. The number of imidazole rings is 1. The van der Waals surface area contributed by atoms with E-state index in [4.69, 9.17) is 4.98 Å². The predicted molar refractivity (Wildman–Crippen MR) is 118 cm³/mol. The molecule has 3 aromatic rings. The maximum Gasteiger partial charge on any atom is 0.120 e. The van der Waals surface area contributed by atoms with Crippen LogP contribution in [0.15, 0.2) is 30.7 Å². The highest BCUT2D eigenvalue weighted by molar-refractivity contribution is 5.25. The van der Waals surface area contributed by atoms with E-state index in [-0.39, 0.29) is 0 Å². The van der Waals surface area contributed by atoms with Gasteiger partial charge in [0.25, 0.3) is 0 Å². The van der Waals surface area contributed by atoms with Crippen LogP contribution in [0.1, 0.15) is 60.2 Å². The highest BCUT2D eigenvalue weighted by atomic mass is 15.3. The molecule has 8 heteroatoms. The van der Waals surface area contributed by atoms with Crippen LogP contribution in [0.25, 0.3) is 0 Å². The van der Waals surface area contributed by atoms with Crippen LogP contribution in [-0.2, 0) is 25.9 Å². The summed E-state index contributed by atoms with van der Waals surface area (Å²) in [5.41, 5.74) is 4.93. The fourth-order valence-corrected chi connectivity index (χ4v) is 5.16. The van der Waals surface area contributed by atoms with E-state index in [1.54, 1.807) is 0 Å². The van der Waals surface area contributed by atoms with Crippen molar-refractivity contribution in [1.29, 1.82) is 0 Å². The monoisotopic (exact) mass is 420 g/mol. The summed E-state index contributed by atoms with van der Waals surface area (Å²) in [4.78, 5) is 17.2. The number of likely N-dealkylation sites (tertiary alicyclic amines) is 1. The van der Waals surface area contributed by atoms with Gasteiger partial charge in [-0.25, -0.2) is 4.98 Å². The van der Waals surface area contributed by atoms with Gasteiger partial charge in [-0.3, -0.25) is 19.9 Å². The van der Waals surface area contributed by atoms with Gasteiger partial charge in [0.1, 0.15) is 5.82 Å². The standard InChI is InChI=1S/C23H32N8/c1-30(21-6-2-4-18-5-3-9-26-23(18)21)15-20-19(27-29-28-20)14-17-7-12-31(13-8-17)16-22-24-10-11-25-22/h3,5,9-11,17,21H,2,4,6-8,12-16H2,1H3,(H,24,25)(H,27,28,29). The van der Waals surface area contributed by atoms with E-state index in [9.17, 15) is 0 Å².